The first-order valence-corrected chi connectivity index (χ1v) is 11.9. The number of benzene rings is 2. The number of anilines is 1. The van der Waals surface area contributed by atoms with Crippen molar-refractivity contribution in [1.29, 1.82) is 0 Å². The maximum absolute atomic E-state index is 6.15. The van der Waals surface area contributed by atoms with Crippen molar-refractivity contribution in [2.24, 2.45) is 10.9 Å². The van der Waals surface area contributed by atoms with Gasteiger partial charge in [-0.15, -0.1) is 0 Å². The third-order valence-corrected chi connectivity index (χ3v) is 6.33. The summed E-state index contributed by atoms with van der Waals surface area (Å²) in [6, 6.07) is 18.5. The van der Waals surface area contributed by atoms with Gasteiger partial charge < -0.3 is 24.6 Å². The number of rotatable bonds is 7. The highest BCUT2D eigenvalue weighted by atomic mass is 16.5. The molecule has 32 heavy (non-hydrogen) atoms. The van der Waals surface area contributed by atoms with Gasteiger partial charge in [0.2, 0.25) is 0 Å². The van der Waals surface area contributed by atoms with Gasteiger partial charge >= 0.3 is 0 Å². The van der Waals surface area contributed by atoms with Crippen LogP contribution in [0.5, 0.6) is 11.5 Å². The Morgan fingerprint density at radius 1 is 1.00 bits per heavy atom. The number of ether oxygens (including phenoxy) is 2. The van der Waals surface area contributed by atoms with Crippen molar-refractivity contribution in [2.75, 3.05) is 51.3 Å². The molecule has 4 rings (SSSR count). The van der Waals surface area contributed by atoms with Gasteiger partial charge in [-0.05, 0) is 43.5 Å². The molecule has 1 N–H and O–H groups in total. The molecule has 0 spiro atoms. The Morgan fingerprint density at radius 2 is 1.78 bits per heavy atom. The highest BCUT2D eigenvalue weighted by molar-refractivity contribution is 5.80. The van der Waals surface area contributed by atoms with Crippen LogP contribution < -0.4 is 19.7 Å². The molecule has 2 aromatic carbocycles. The lowest BCUT2D eigenvalue weighted by atomic mass is 10.1. The molecule has 2 heterocycles. The Labute approximate surface area is 192 Å². The SMILES string of the molecule is CCNC(=NCC1CCN(c2cccc(OC)c2)C1)N1CCC(Oc2ccccc2)CC1. The Balaban J connectivity index is 1.29. The molecule has 6 nitrogen and oxygen atoms in total. The summed E-state index contributed by atoms with van der Waals surface area (Å²) < 4.78 is 11.5. The fourth-order valence-electron chi connectivity index (χ4n) is 4.54. The summed E-state index contributed by atoms with van der Waals surface area (Å²) >= 11 is 0. The third-order valence-electron chi connectivity index (χ3n) is 6.33. The van der Waals surface area contributed by atoms with Crippen LogP contribution in [0.1, 0.15) is 26.2 Å². The quantitative estimate of drug-likeness (QED) is 0.525. The minimum Gasteiger partial charge on any atom is -0.497 e. The van der Waals surface area contributed by atoms with Gasteiger partial charge in [-0.25, -0.2) is 0 Å². The summed E-state index contributed by atoms with van der Waals surface area (Å²) in [5.41, 5.74) is 1.24. The van der Waals surface area contributed by atoms with E-state index in [0.717, 1.165) is 69.6 Å². The zero-order chi connectivity index (χ0) is 22.2. The van der Waals surface area contributed by atoms with Gasteiger partial charge in [0.25, 0.3) is 0 Å². The minimum absolute atomic E-state index is 0.280. The molecule has 0 saturated carbocycles. The molecule has 0 bridgehead atoms. The molecule has 0 amide bonds. The minimum atomic E-state index is 0.280. The van der Waals surface area contributed by atoms with Gasteiger partial charge in [-0.3, -0.25) is 4.99 Å². The first kappa shape index (κ1) is 22.3. The predicted molar refractivity (Wildman–Crippen MR) is 131 cm³/mol. The van der Waals surface area contributed by atoms with Gasteiger partial charge in [-0.1, -0.05) is 24.3 Å². The van der Waals surface area contributed by atoms with Crippen LogP contribution >= 0.6 is 0 Å². The van der Waals surface area contributed by atoms with Crippen LogP contribution in [-0.2, 0) is 0 Å². The van der Waals surface area contributed by atoms with Gasteiger partial charge in [0.15, 0.2) is 5.96 Å². The Kier molecular flexibility index (Phi) is 7.75. The number of methoxy groups -OCH3 is 1. The van der Waals surface area contributed by atoms with E-state index in [2.05, 4.69) is 40.2 Å². The first-order valence-electron chi connectivity index (χ1n) is 11.9. The fourth-order valence-corrected chi connectivity index (χ4v) is 4.54. The van der Waals surface area contributed by atoms with Crippen LogP contribution in [-0.4, -0.2) is 63.3 Å². The van der Waals surface area contributed by atoms with Gasteiger partial charge in [0.05, 0.1) is 7.11 Å². The van der Waals surface area contributed by atoms with Crippen molar-refractivity contribution >= 4 is 11.6 Å². The molecular weight excluding hydrogens is 400 g/mol. The number of nitrogens with zero attached hydrogens (tertiary/aromatic N) is 3. The van der Waals surface area contributed by atoms with Crippen molar-refractivity contribution in [3.05, 3.63) is 54.6 Å². The lowest BCUT2D eigenvalue weighted by molar-refractivity contribution is 0.129. The van der Waals surface area contributed by atoms with E-state index in [1.807, 2.05) is 36.4 Å². The van der Waals surface area contributed by atoms with Crippen LogP contribution in [0.25, 0.3) is 0 Å². The van der Waals surface area contributed by atoms with Crippen LogP contribution in [0, 0.1) is 5.92 Å². The second-order valence-electron chi connectivity index (χ2n) is 8.61. The fraction of sp³-hybridized carbons (Fsp3) is 0.500. The molecule has 1 unspecified atom stereocenters. The van der Waals surface area contributed by atoms with Gasteiger partial charge in [-0.2, -0.15) is 0 Å². The number of guanidine groups is 1. The van der Waals surface area contributed by atoms with E-state index >= 15 is 0 Å². The number of para-hydroxylation sites is 1. The zero-order valence-corrected chi connectivity index (χ0v) is 19.4. The molecule has 0 radical (unpaired) electrons. The van der Waals surface area contributed by atoms with E-state index in [1.165, 1.54) is 12.1 Å². The summed E-state index contributed by atoms with van der Waals surface area (Å²) in [5.74, 6) is 3.51. The average molecular weight is 437 g/mol. The smallest absolute Gasteiger partial charge is 0.193 e. The monoisotopic (exact) mass is 436 g/mol. The summed E-state index contributed by atoms with van der Waals surface area (Å²) in [4.78, 5) is 9.87. The number of hydrogen-bond acceptors (Lipinski definition) is 4. The van der Waals surface area contributed by atoms with Crippen LogP contribution in [0.15, 0.2) is 59.6 Å². The van der Waals surface area contributed by atoms with Gasteiger partial charge in [0, 0.05) is 63.9 Å². The molecular formula is C26H36N4O2. The highest BCUT2D eigenvalue weighted by Crippen LogP contribution is 2.27. The largest absolute Gasteiger partial charge is 0.497 e. The van der Waals surface area contributed by atoms with Crippen molar-refractivity contribution in [3.8, 4) is 11.5 Å². The van der Waals surface area contributed by atoms with E-state index < -0.39 is 0 Å². The summed E-state index contributed by atoms with van der Waals surface area (Å²) in [5, 5.41) is 3.50. The van der Waals surface area contributed by atoms with Crippen LogP contribution in [0.4, 0.5) is 5.69 Å². The Bertz CT molecular complexity index is 865. The molecule has 2 fully saturated rings. The van der Waals surface area contributed by atoms with Crippen LogP contribution in [0.3, 0.4) is 0 Å². The average Bonchev–Trinajstić information content (AvgIpc) is 3.32. The van der Waals surface area contributed by atoms with E-state index in [4.69, 9.17) is 14.5 Å². The number of hydrogen-bond donors (Lipinski definition) is 1. The molecule has 6 heteroatoms. The van der Waals surface area contributed by atoms with Crippen molar-refractivity contribution in [1.82, 2.24) is 10.2 Å². The summed E-state index contributed by atoms with van der Waals surface area (Å²) in [6.45, 7) is 7.97. The summed E-state index contributed by atoms with van der Waals surface area (Å²) in [7, 11) is 1.72. The summed E-state index contributed by atoms with van der Waals surface area (Å²) in [6.07, 6.45) is 3.49. The molecule has 2 aromatic rings. The maximum Gasteiger partial charge on any atom is 0.193 e. The normalized spacial score (nSPS) is 19.8. The van der Waals surface area contributed by atoms with E-state index in [0.29, 0.717) is 5.92 Å². The maximum atomic E-state index is 6.15. The van der Waals surface area contributed by atoms with Crippen molar-refractivity contribution in [2.45, 2.75) is 32.3 Å². The molecule has 2 aliphatic rings. The second kappa shape index (κ2) is 11.1. The van der Waals surface area contributed by atoms with Crippen LogP contribution in [0.2, 0.25) is 0 Å². The number of aliphatic imine (C=N–C) groups is 1. The molecule has 1 atom stereocenters. The zero-order valence-electron chi connectivity index (χ0n) is 19.4. The number of piperidine rings is 1. The molecule has 2 aliphatic heterocycles. The van der Waals surface area contributed by atoms with E-state index in [1.54, 1.807) is 7.11 Å². The highest BCUT2D eigenvalue weighted by Gasteiger charge is 2.25. The topological polar surface area (TPSA) is 49.3 Å². The van der Waals surface area contributed by atoms with Gasteiger partial charge in [0.1, 0.15) is 17.6 Å². The van der Waals surface area contributed by atoms with E-state index in [-0.39, 0.29) is 6.10 Å². The van der Waals surface area contributed by atoms with Crippen molar-refractivity contribution < 1.29 is 9.47 Å². The molecule has 172 valence electrons. The lowest BCUT2D eigenvalue weighted by Crippen LogP contribution is -2.47. The number of nitrogens with one attached hydrogen (secondary N) is 1. The molecule has 0 aromatic heterocycles. The van der Waals surface area contributed by atoms with E-state index in [9.17, 15) is 0 Å². The Hall–Kier alpha value is -2.89. The second-order valence-corrected chi connectivity index (χ2v) is 8.61. The number of likely N-dealkylation sites (tertiary alicyclic amines) is 1. The Morgan fingerprint density at radius 3 is 2.53 bits per heavy atom. The molecule has 2 saturated heterocycles. The molecule has 0 aliphatic carbocycles. The van der Waals surface area contributed by atoms with Crippen molar-refractivity contribution in [3.63, 3.8) is 0 Å². The third kappa shape index (κ3) is 5.87. The first-order chi connectivity index (χ1) is 15.7. The predicted octanol–water partition coefficient (Wildman–Crippen LogP) is 4.03. The lowest BCUT2D eigenvalue weighted by Gasteiger charge is -2.34. The standard InChI is InChI=1S/C26H36N4O2/c1-3-27-26(29-16-13-24(14-17-29)32-23-9-5-4-6-10-23)28-19-21-12-15-30(20-21)22-8-7-11-25(18-22)31-2/h4-11,18,21,24H,3,12-17,19-20H2,1-2H3,(H,27,28).